The Hall–Kier alpha value is -3.37. The van der Waals surface area contributed by atoms with Crippen LogP contribution in [0.1, 0.15) is 10.4 Å². The third kappa shape index (κ3) is 3.94. The number of ether oxygens (including phenoxy) is 2. The molecule has 0 radical (unpaired) electrons. The molecule has 32 heavy (non-hydrogen) atoms. The lowest BCUT2D eigenvalue weighted by Gasteiger charge is -2.15. The zero-order valence-corrected chi connectivity index (χ0v) is 17.6. The average Bonchev–Trinajstić information content (AvgIpc) is 2.75. The molecule has 3 aromatic carbocycles. The Labute approximate surface area is 186 Å². The van der Waals surface area contributed by atoms with E-state index in [1.54, 1.807) is 16.9 Å². The van der Waals surface area contributed by atoms with Crippen molar-refractivity contribution < 1.29 is 36.6 Å². The molecule has 0 aliphatic carbocycles. The number of fused-ring (bicyclic) bond motifs is 6. The Morgan fingerprint density at radius 3 is 2.50 bits per heavy atom. The predicted molar refractivity (Wildman–Crippen MR) is 111 cm³/mol. The summed E-state index contributed by atoms with van der Waals surface area (Å²) in [6, 6.07) is 10.1. The number of esters is 1. The van der Waals surface area contributed by atoms with Gasteiger partial charge < -0.3 is 14.6 Å². The minimum Gasteiger partial charge on any atom is -0.505 e. The second-order valence-corrected chi connectivity index (χ2v) is 8.73. The molecule has 0 saturated heterocycles. The number of sulfonamides is 1. The molecular formula is C21H14ClF2NO6S. The van der Waals surface area contributed by atoms with Crippen molar-refractivity contribution in [2.75, 3.05) is 17.9 Å². The van der Waals surface area contributed by atoms with Gasteiger partial charge in [0.05, 0.1) is 10.6 Å². The van der Waals surface area contributed by atoms with Gasteiger partial charge in [-0.25, -0.2) is 22.0 Å². The van der Waals surface area contributed by atoms with Crippen LogP contribution in [0.25, 0.3) is 11.1 Å². The molecule has 166 valence electrons. The number of carbonyl (C=O) groups is 1. The molecule has 0 aromatic heterocycles. The first-order valence-corrected chi connectivity index (χ1v) is 11.0. The van der Waals surface area contributed by atoms with Crippen molar-refractivity contribution in [3.63, 3.8) is 0 Å². The summed E-state index contributed by atoms with van der Waals surface area (Å²) in [5.41, 5.74) is -1.19. The number of phenolic OH excluding ortho intramolecular Hbond substituents is 1. The van der Waals surface area contributed by atoms with E-state index in [0.717, 1.165) is 24.3 Å². The molecule has 4 bridgehead atoms. The third-order valence-electron chi connectivity index (χ3n) is 4.63. The molecule has 0 amide bonds. The number of rotatable bonds is 0. The van der Waals surface area contributed by atoms with Crippen molar-refractivity contribution in [3.8, 4) is 22.6 Å². The topological polar surface area (TPSA) is 102 Å². The lowest BCUT2D eigenvalue weighted by atomic mass is 10.0. The van der Waals surface area contributed by atoms with Crippen LogP contribution in [0.2, 0.25) is 5.02 Å². The Bertz CT molecular complexity index is 1350. The third-order valence-corrected chi connectivity index (χ3v) is 6.28. The zero-order valence-electron chi connectivity index (χ0n) is 16.1. The molecular weight excluding hydrogens is 468 g/mol. The molecule has 0 atom stereocenters. The van der Waals surface area contributed by atoms with Crippen molar-refractivity contribution in [2.24, 2.45) is 0 Å². The van der Waals surface area contributed by atoms with Crippen molar-refractivity contribution in [1.82, 2.24) is 0 Å². The highest BCUT2D eigenvalue weighted by Gasteiger charge is 2.28. The summed E-state index contributed by atoms with van der Waals surface area (Å²) in [5.74, 6) is -4.02. The Morgan fingerprint density at radius 2 is 1.72 bits per heavy atom. The van der Waals surface area contributed by atoms with Crippen molar-refractivity contribution in [3.05, 3.63) is 70.8 Å². The summed E-state index contributed by atoms with van der Waals surface area (Å²) >= 11 is 5.87. The van der Waals surface area contributed by atoms with Crippen LogP contribution in [0.5, 0.6) is 11.5 Å². The minimum absolute atomic E-state index is 0.104. The van der Waals surface area contributed by atoms with Crippen LogP contribution in [0, 0.1) is 11.6 Å². The number of carbonyl (C=O) groups excluding carboxylic acids is 1. The number of phenols is 1. The largest absolute Gasteiger partial charge is 0.505 e. The van der Waals surface area contributed by atoms with Crippen LogP contribution in [0.4, 0.5) is 14.5 Å². The molecule has 1 aliphatic rings. The molecule has 4 rings (SSSR count). The van der Waals surface area contributed by atoms with Gasteiger partial charge in [-0.1, -0.05) is 29.8 Å². The molecule has 0 saturated carbocycles. The fourth-order valence-electron chi connectivity index (χ4n) is 3.12. The van der Waals surface area contributed by atoms with Gasteiger partial charge in [-0.05, 0) is 30.3 Å². The molecule has 1 aliphatic heterocycles. The number of benzene rings is 3. The number of aromatic hydroxyl groups is 1. The molecule has 0 fully saturated rings. The Kier molecular flexibility index (Phi) is 5.66. The van der Waals surface area contributed by atoms with E-state index in [-0.39, 0.29) is 35.7 Å². The zero-order chi connectivity index (χ0) is 23.0. The monoisotopic (exact) mass is 481 g/mol. The normalized spacial score (nSPS) is 15.3. The molecule has 1 heterocycles. The second-order valence-electron chi connectivity index (χ2n) is 6.67. The van der Waals surface area contributed by atoms with Gasteiger partial charge in [0.1, 0.15) is 35.4 Å². The summed E-state index contributed by atoms with van der Waals surface area (Å²) in [6.07, 6.45) is 0. The van der Waals surface area contributed by atoms with E-state index >= 15 is 4.39 Å². The SMILES string of the molecule is O=C1OCCOc2ccccc2-c2ccc(F)c(c2F)NS(=O)(=O)c2cc1cc(Cl)c2O. The molecule has 3 aromatic rings. The lowest BCUT2D eigenvalue weighted by Crippen LogP contribution is -2.17. The minimum atomic E-state index is -4.78. The van der Waals surface area contributed by atoms with Crippen LogP contribution in [0.15, 0.2) is 53.4 Å². The molecule has 2 N–H and O–H groups in total. The number of nitrogens with one attached hydrogen (secondary N) is 1. The Balaban J connectivity index is 1.95. The van der Waals surface area contributed by atoms with Gasteiger partial charge in [0.15, 0.2) is 11.6 Å². The first-order valence-electron chi connectivity index (χ1n) is 9.11. The summed E-state index contributed by atoms with van der Waals surface area (Å²) in [6.45, 7) is -0.323. The summed E-state index contributed by atoms with van der Waals surface area (Å²) in [4.78, 5) is 11.5. The quantitative estimate of drug-likeness (QED) is 0.463. The molecule has 11 heteroatoms. The first-order chi connectivity index (χ1) is 15.2. The first kappa shape index (κ1) is 21.8. The average molecular weight is 482 g/mol. The number of hydrogen-bond acceptors (Lipinski definition) is 6. The van der Waals surface area contributed by atoms with E-state index in [0.29, 0.717) is 0 Å². The van der Waals surface area contributed by atoms with E-state index in [9.17, 15) is 22.7 Å². The van der Waals surface area contributed by atoms with E-state index in [4.69, 9.17) is 21.1 Å². The summed E-state index contributed by atoms with van der Waals surface area (Å²) in [7, 11) is -4.78. The lowest BCUT2D eigenvalue weighted by molar-refractivity contribution is 0.0450. The van der Waals surface area contributed by atoms with Crippen molar-refractivity contribution in [1.29, 1.82) is 0 Å². The maximum atomic E-state index is 15.3. The van der Waals surface area contributed by atoms with Crippen molar-refractivity contribution in [2.45, 2.75) is 4.90 Å². The number of hydrogen-bond donors (Lipinski definition) is 2. The van der Waals surface area contributed by atoms with Gasteiger partial charge in [-0.2, -0.15) is 0 Å². The predicted octanol–water partition coefficient (Wildman–Crippen LogP) is 4.34. The number of anilines is 1. The van der Waals surface area contributed by atoms with Gasteiger partial charge in [-0.15, -0.1) is 0 Å². The van der Waals surface area contributed by atoms with E-state index in [2.05, 4.69) is 0 Å². The van der Waals surface area contributed by atoms with E-state index < -0.39 is 49.0 Å². The standard InChI is InChI=1S/C21H14ClF2NO6S/c22-14-9-11-10-17(20(14)26)32(28,29)25-19-15(23)6-5-13(18(19)24)12-3-1-2-4-16(12)30-7-8-31-21(11)27/h1-6,9-10,25-26H,7-8H2. The number of cyclic esters (lactones) is 1. The van der Waals surface area contributed by atoms with Crippen LogP contribution in [-0.2, 0) is 14.8 Å². The number of para-hydroxylation sites is 1. The molecule has 0 spiro atoms. The molecule has 0 unspecified atom stereocenters. The van der Waals surface area contributed by atoms with E-state index in [1.807, 2.05) is 0 Å². The van der Waals surface area contributed by atoms with Gasteiger partial charge in [0.25, 0.3) is 10.0 Å². The van der Waals surface area contributed by atoms with Gasteiger partial charge in [0.2, 0.25) is 0 Å². The van der Waals surface area contributed by atoms with Crippen LogP contribution in [0.3, 0.4) is 0 Å². The maximum Gasteiger partial charge on any atom is 0.338 e. The fourth-order valence-corrected chi connectivity index (χ4v) is 4.61. The highest BCUT2D eigenvalue weighted by molar-refractivity contribution is 7.92. The molecule has 7 nitrogen and oxygen atoms in total. The summed E-state index contributed by atoms with van der Waals surface area (Å²) < 4.78 is 68.0. The number of halogens is 3. The fraction of sp³-hybridized carbons (Fsp3) is 0.0952. The van der Waals surface area contributed by atoms with Gasteiger partial charge in [0, 0.05) is 11.1 Å². The van der Waals surface area contributed by atoms with Gasteiger partial charge >= 0.3 is 5.97 Å². The van der Waals surface area contributed by atoms with Crippen LogP contribution >= 0.6 is 11.6 Å². The van der Waals surface area contributed by atoms with E-state index in [1.165, 1.54) is 12.1 Å². The van der Waals surface area contributed by atoms with Gasteiger partial charge in [-0.3, -0.25) is 4.72 Å². The maximum absolute atomic E-state index is 15.3. The smallest absolute Gasteiger partial charge is 0.338 e. The highest BCUT2D eigenvalue weighted by Crippen LogP contribution is 2.38. The van der Waals surface area contributed by atoms with Crippen molar-refractivity contribution >= 4 is 33.3 Å². The van der Waals surface area contributed by atoms with Crippen LogP contribution < -0.4 is 9.46 Å². The Morgan fingerprint density at radius 1 is 1.00 bits per heavy atom. The van der Waals surface area contributed by atoms with Crippen LogP contribution in [-0.4, -0.2) is 32.7 Å². The summed E-state index contributed by atoms with van der Waals surface area (Å²) in [5, 5.41) is 9.69. The highest BCUT2D eigenvalue weighted by atomic mass is 35.5. The second kappa shape index (κ2) is 8.29.